The van der Waals surface area contributed by atoms with E-state index in [-0.39, 0.29) is 11.5 Å². The second-order valence-corrected chi connectivity index (χ2v) is 5.05. The molecular formula is C19H15N3O2. The Morgan fingerprint density at radius 2 is 1.33 bits per heavy atom. The van der Waals surface area contributed by atoms with Gasteiger partial charge in [0.05, 0.1) is 17.1 Å². The van der Waals surface area contributed by atoms with Crippen molar-refractivity contribution < 1.29 is 10.2 Å². The maximum atomic E-state index is 9.94. The fourth-order valence-corrected chi connectivity index (χ4v) is 2.00. The highest BCUT2D eigenvalue weighted by molar-refractivity contribution is 5.86. The number of nitrogens with zero attached hydrogens (tertiary/aromatic N) is 3. The molecule has 3 rings (SSSR count). The van der Waals surface area contributed by atoms with Gasteiger partial charge >= 0.3 is 0 Å². The van der Waals surface area contributed by atoms with Crippen molar-refractivity contribution >= 4 is 23.3 Å². The molecule has 0 heterocycles. The van der Waals surface area contributed by atoms with E-state index in [0.717, 1.165) is 5.69 Å². The Bertz CT molecular complexity index is 873. The first-order valence-corrected chi connectivity index (χ1v) is 7.33. The molecule has 0 saturated heterocycles. The minimum atomic E-state index is 0.108. The number of phenolic OH excluding ortho intramolecular Hbond substituents is 2. The third-order valence-corrected chi connectivity index (χ3v) is 3.25. The van der Waals surface area contributed by atoms with Gasteiger partial charge in [-0.3, -0.25) is 4.99 Å². The summed E-state index contributed by atoms with van der Waals surface area (Å²) >= 11 is 0. The number of aliphatic imine (C=N–C) groups is 1. The van der Waals surface area contributed by atoms with Crippen LogP contribution in [0.25, 0.3) is 0 Å². The lowest BCUT2D eigenvalue weighted by Crippen LogP contribution is -1.81. The third kappa shape index (κ3) is 4.04. The van der Waals surface area contributed by atoms with Gasteiger partial charge in [-0.05, 0) is 54.6 Å². The van der Waals surface area contributed by atoms with Gasteiger partial charge in [0.1, 0.15) is 11.5 Å². The second-order valence-electron chi connectivity index (χ2n) is 5.05. The number of azo groups is 1. The summed E-state index contributed by atoms with van der Waals surface area (Å²) in [4.78, 5) is 4.27. The monoisotopic (exact) mass is 317 g/mol. The van der Waals surface area contributed by atoms with Crippen LogP contribution in [0.1, 0.15) is 5.56 Å². The highest BCUT2D eigenvalue weighted by atomic mass is 16.3. The molecule has 0 unspecified atom stereocenters. The molecule has 0 fully saturated rings. The van der Waals surface area contributed by atoms with Crippen LogP contribution in [-0.4, -0.2) is 16.4 Å². The maximum absolute atomic E-state index is 9.94. The predicted molar refractivity (Wildman–Crippen MR) is 94.1 cm³/mol. The van der Waals surface area contributed by atoms with Crippen molar-refractivity contribution in [1.29, 1.82) is 0 Å². The van der Waals surface area contributed by atoms with Crippen molar-refractivity contribution in [2.75, 3.05) is 0 Å². The van der Waals surface area contributed by atoms with Gasteiger partial charge in [0.25, 0.3) is 0 Å². The summed E-state index contributed by atoms with van der Waals surface area (Å²) in [5.74, 6) is 0.288. The van der Waals surface area contributed by atoms with E-state index in [9.17, 15) is 10.2 Å². The highest BCUT2D eigenvalue weighted by Crippen LogP contribution is 2.25. The molecule has 5 nitrogen and oxygen atoms in total. The molecule has 0 aliphatic rings. The normalized spacial score (nSPS) is 11.3. The van der Waals surface area contributed by atoms with E-state index in [2.05, 4.69) is 15.2 Å². The van der Waals surface area contributed by atoms with Gasteiger partial charge in [-0.15, -0.1) is 0 Å². The summed E-state index contributed by atoms with van der Waals surface area (Å²) in [5.41, 5.74) is 2.57. The Morgan fingerprint density at radius 3 is 2.08 bits per heavy atom. The first-order valence-electron chi connectivity index (χ1n) is 7.33. The highest BCUT2D eigenvalue weighted by Gasteiger charge is 2.00. The second kappa shape index (κ2) is 7.19. The largest absolute Gasteiger partial charge is 0.508 e. The number of phenols is 2. The van der Waals surface area contributed by atoms with E-state index < -0.39 is 0 Å². The van der Waals surface area contributed by atoms with Crippen LogP contribution < -0.4 is 0 Å². The summed E-state index contributed by atoms with van der Waals surface area (Å²) in [6, 6.07) is 20.8. The molecule has 0 amide bonds. The number of hydrogen-bond acceptors (Lipinski definition) is 5. The van der Waals surface area contributed by atoms with Gasteiger partial charge < -0.3 is 10.2 Å². The van der Waals surface area contributed by atoms with Gasteiger partial charge in [-0.2, -0.15) is 10.2 Å². The van der Waals surface area contributed by atoms with Gasteiger partial charge in [0, 0.05) is 11.8 Å². The maximum Gasteiger partial charge on any atom is 0.124 e. The number of hydrogen-bond donors (Lipinski definition) is 2. The van der Waals surface area contributed by atoms with Crippen LogP contribution in [0.4, 0.5) is 17.1 Å². The zero-order chi connectivity index (χ0) is 16.8. The Morgan fingerprint density at radius 1 is 0.667 bits per heavy atom. The predicted octanol–water partition coefficient (Wildman–Crippen LogP) is 5.26. The van der Waals surface area contributed by atoms with E-state index in [0.29, 0.717) is 16.9 Å². The molecule has 24 heavy (non-hydrogen) atoms. The lowest BCUT2D eigenvalue weighted by Gasteiger charge is -2.00. The van der Waals surface area contributed by atoms with Gasteiger partial charge in [0.15, 0.2) is 0 Å². The molecule has 3 aromatic carbocycles. The van der Waals surface area contributed by atoms with E-state index in [4.69, 9.17) is 0 Å². The van der Waals surface area contributed by atoms with Gasteiger partial charge in [-0.1, -0.05) is 18.2 Å². The van der Waals surface area contributed by atoms with Crippen molar-refractivity contribution in [3.8, 4) is 11.5 Å². The third-order valence-electron chi connectivity index (χ3n) is 3.25. The van der Waals surface area contributed by atoms with Crippen molar-refractivity contribution in [2.45, 2.75) is 0 Å². The first-order chi connectivity index (χ1) is 11.7. The Balaban J connectivity index is 1.81. The first kappa shape index (κ1) is 15.4. The fourth-order valence-electron chi connectivity index (χ4n) is 2.00. The molecule has 5 heteroatoms. The molecular weight excluding hydrogens is 302 g/mol. The Hall–Kier alpha value is -3.47. The Kier molecular flexibility index (Phi) is 4.62. The smallest absolute Gasteiger partial charge is 0.124 e. The summed E-state index contributed by atoms with van der Waals surface area (Å²) < 4.78 is 0. The van der Waals surface area contributed by atoms with Crippen molar-refractivity contribution in [3.63, 3.8) is 0 Å². The Labute approximate surface area is 139 Å². The van der Waals surface area contributed by atoms with Crippen LogP contribution in [0.2, 0.25) is 0 Å². The molecule has 0 aliphatic heterocycles. The van der Waals surface area contributed by atoms with Crippen LogP contribution in [0.3, 0.4) is 0 Å². The molecule has 118 valence electrons. The number of aromatic hydroxyl groups is 2. The average molecular weight is 317 g/mol. The SMILES string of the molecule is Oc1ccc(N=Cc2cc(N=Nc3ccccc3)ccc2O)cc1. The van der Waals surface area contributed by atoms with Crippen LogP contribution in [0.5, 0.6) is 11.5 Å². The van der Waals surface area contributed by atoms with Gasteiger partial charge in [-0.25, -0.2) is 0 Å². The minimum Gasteiger partial charge on any atom is -0.508 e. The van der Waals surface area contributed by atoms with E-state index in [1.54, 1.807) is 48.7 Å². The van der Waals surface area contributed by atoms with E-state index in [1.165, 1.54) is 0 Å². The van der Waals surface area contributed by atoms with Crippen LogP contribution in [-0.2, 0) is 0 Å². The molecule has 0 spiro atoms. The van der Waals surface area contributed by atoms with Crippen LogP contribution >= 0.6 is 0 Å². The quantitative estimate of drug-likeness (QED) is 0.508. The topological polar surface area (TPSA) is 77.5 Å². The number of benzene rings is 3. The zero-order valence-electron chi connectivity index (χ0n) is 12.7. The lowest BCUT2D eigenvalue weighted by molar-refractivity contribution is 0.474. The summed E-state index contributed by atoms with van der Waals surface area (Å²) in [7, 11) is 0. The molecule has 0 atom stereocenters. The lowest BCUT2D eigenvalue weighted by atomic mass is 10.2. The molecule has 0 aromatic heterocycles. The van der Waals surface area contributed by atoms with E-state index >= 15 is 0 Å². The average Bonchev–Trinajstić information content (AvgIpc) is 2.62. The molecule has 0 radical (unpaired) electrons. The minimum absolute atomic E-state index is 0.108. The van der Waals surface area contributed by atoms with Crippen molar-refractivity contribution in [2.24, 2.45) is 15.2 Å². The van der Waals surface area contributed by atoms with E-state index in [1.807, 2.05) is 30.3 Å². The molecule has 0 saturated carbocycles. The van der Waals surface area contributed by atoms with Crippen LogP contribution in [0, 0.1) is 0 Å². The molecule has 0 bridgehead atoms. The molecule has 0 aliphatic carbocycles. The van der Waals surface area contributed by atoms with Crippen molar-refractivity contribution in [1.82, 2.24) is 0 Å². The van der Waals surface area contributed by atoms with Crippen molar-refractivity contribution in [3.05, 3.63) is 78.4 Å². The zero-order valence-corrected chi connectivity index (χ0v) is 12.7. The summed E-state index contributed by atoms with van der Waals surface area (Å²) in [6.07, 6.45) is 1.54. The fraction of sp³-hybridized carbons (Fsp3) is 0. The summed E-state index contributed by atoms with van der Waals surface area (Å²) in [5, 5.41) is 27.5. The van der Waals surface area contributed by atoms with Crippen LogP contribution in [0.15, 0.2) is 88.0 Å². The molecule has 3 aromatic rings. The summed E-state index contributed by atoms with van der Waals surface area (Å²) in [6.45, 7) is 0. The number of rotatable bonds is 4. The standard InChI is InChI=1S/C19H15N3O2/c23-18-9-6-15(7-10-18)20-13-14-12-17(8-11-19(14)24)22-21-16-4-2-1-3-5-16/h1-13,23-24H. The molecule has 2 N–H and O–H groups in total. The van der Waals surface area contributed by atoms with Gasteiger partial charge in [0.2, 0.25) is 0 Å².